The Balaban J connectivity index is 2.40. The molecule has 0 aromatic carbocycles. The van der Waals surface area contributed by atoms with Crippen LogP contribution in [0.4, 0.5) is 5.69 Å². The first kappa shape index (κ1) is 13.5. The second kappa shape index (κ2) is 5.34. The number of amides is 2. The first-order valence-electron chi connectivity index (χ1n) is 6.44. The van der Waals surface area contributed by atoms with Crippen LogP contribution in [0.15, 0.2) is 18.7 Å². The third-order valence-corrected chi connectivity index (χ3v) is 3.29. The molecule has 1 aromatic heterocycles. The molecule has 0 aliphatic carbocycles. The number of rotatable bonds is 3. The number of anilines is 1. The van der Waals surface area contributed by atoms with E-state index in [9.17, 15) is 9.59 Å². The highest BCUT2D eigenvalue weighted by atomic mass is 16.2. The lowest BCUT2D eigenvalue weighted by molar-refractivity contribution is -0.134. The molecule has 2 heterocycles. The number of carbonyl (C=O) groups excluding carboxylic acids is 2. The standard InChI is InChI=1S/C13H18N4O2/c1-4-10-12(18)16-11(8(2)3)13(19)17(10)9-5-14-7-15-6-9/h5-8,10-11H,4H2,1-3H3,(H,16,18). The van der Waals surface area contributed by atoms with Gasteiger partial charge in [0.05, 0.1) is 18.1 Å². The molecule has 2 rings (SSSR count). The summed E-state index contributed by atoms with van der Waals surface area (Å²) in [5.41, 5.74) is 0.569. The van der Waals surface area contributed by atoms with Crippen molar-refractivity contribution in [3.63, 3.8) is 0 Å². The molecule has 1 saturated heterocycles. The van der Waals surface area contributed by atoms with Crippen molar-refractivity contribution < 1.29 is 9.59 Å². The van der Waals surface area contributed by atoms with Crippen LogP contribution < -0.4 is 10.2 Å². The lowest BCUT2D eigenvalue weighted by atomic mass is 9.96. The van der Waals surface area contributed by atoms with Crippen LogP contribution in [0.25, 0.3) is 0 Å². The molecule has 2 amide bonds. The lowest BCUT2D eigenvalue weighted by Crippen LogP contribution is -2.65. The maximum absolute atomic E-state index is 12.5. The molecule has 1 fully saturated rings. The van der Waals surface area contributed by atoms with Crippen LogP contribution in [0.5, 0.6) is 0 Å². The molecule has 0 spiro atoms. The number of hydrogen-bond donors (Lipinski definition) is 1. The summed E-state index contributed by atoms with van der Waals surface area (Å²) in [6.07, 6.45) is 5.07. The van der Waals surface area contributed by atoms with Crippen molar-refractivity contribution in [2.24, 2.45) is 5.92 Å². The fraction of sp³-hybridized carbons (Fsp3) is 0.538. The molecule has 1 N–H and O–H groups in total. The Kier molecular flexibility index (Phi) is 3.78. The van der Waals surface area contributed by atoms with Crippen molar-refractivity contribution in [1.82, 2.24) is 15.3 Å². The van der Waals surface area contributed by atoms with Crippen molar-refractivity contribution in [3.8, 4) is 0 Å². The maximum Gasteiger partial charge on any atom is 0.250 e. The van der Waals surface area contributed by atoms with E-state index < -0.39 is 12.1 Å². The average molecular weight is 262 g/mol. The van der Waals surface area contributed by atoms with Gasteiger partial charge in [-0.1, -0.05) is 20.8 Å². The SMILES string of the molecule is CCC1C(=O)NC(C(C)C)C(=O)N1c1cncnc1. The number of aromatic nitrogens is 2. The summed E-state index contributed by atoms with van der Waals surface area (Å²) in [5.74, 6) is -0.178. The molecule has 2 atom stereocenters. The summed E-state index contributed by atoms with van der Waals surface area (Å²) in [5, 5.41) is 2.80. The molecule has 6 nitrogen and oxygen atoms in total. The number of hydrogen-bond acceptors (Lipinski definition) is 4. The highest BCUT2D eigenvalue weighted by Gasteiger charge is 2.41. The highest BCUT2D eigenvalue weighted by molar-refractivity contribution is 6.08. The fourth-order valence-corrected chi connectivity index (χ4v) is 2.27. The quantitative estimate of drug-likeness (QED) is 0.872. The predicted molar refractivity (Wildman–Crippen MR) is 70.4 cm³/mol. The Morgan fingerprint density at radius 3 is 2.47 bits per heavy atom. The van der Waals surface area contributed by atoms with Gasteiger partial charge in [0.2, 0.25) is 5.91 Å². The van der Waals surface area contributed by atoms with E-state index in [1.807, 2.05) is 20.8 Å². The molecule has 0 radical (unpaired) electrons. The predicted octanol–water partition coefficient (Wildman–Crippen LogP) is 0.743. The van der Waals surface area contributed by atoms with Crippen molar-refractivity contribution in [3.05, 3.63) is 18.7 Å². The van der Waals surface area contributed by atoms with Gasteiger partial charge in [-0.2, -0.15) is 0 Å². The smallest absolute Gasteiger partial charge is 0.250 e. The largest absolute Gasteiger partial charge is 0.342 e. The molecular formula is C13H18N4O2. The van der Waals surface area contributed by atoms with Crippen LogP contribution in [0.3, 0.4) is 0 Å². The van der Waals surface area contributed by atoms with Gasteiger partial charge in [0.15, 0.2) is 0 Å². The van der Waals surface area contributed by atoms with E-state index in [1.165, 1.54) is 11.2 Å². The number of nitrogens with zero attached hydrogens (tertiary/aromatic N) is 3. The van der Waals surface area contributed by atoms with E-state index in [4.69, 9.17) is 0 Å². The zero-order valence-electron chi connectivity index (χ0n) is 11.3. The van der Waals surface area contributed by atoms with Crippen molar-refractivity contribution in [2.45, 2.75) is 39.3 Å². The summed E-state index contributed by atoms with van der Waals surface area (Å²) in [6.45, 7) is 5.70. The molecule has 1 aliphatic rings. The van der Waals surface area contributed by atoms with E-state index in [-0.39, 0.29) is 17.7 Å². The van der Waals surface area contributed by atoms with E-state index in [2.05, 4.69) is 15.3 Å². The summed E-state index contributed by atoms with van der Waals surface area (Å²) in [4.78, 5) is 34.0. The molecular weight excluding hydrogens is 244 g/mol. The van der Waals surface area contributed by atoms with Gasteiger partial charge in [0.1, 0.15) is 18.4 Å². The maximum atomic E-state index is 12.5. The monoisotopic (exact) mass is 262 g/mol. The molecule has 2 unspecified atom stereocenters. The summed E-state index contributed by atoms with van der Waals surface area (Å²) in [7, 11) is 0. The zero-order chi connectivity index (χ0) is 14.0. The van der Waals surface area contributed by atoms with E-state index >= 15 is 0 Å². The fourth-order valence-electron chi connectivity index (χ4n) is 2.27. The van der Waals surface area contributed by atoms with E-state index in [1.54, 1.807) is 12.4 Å². The summed E-state index contributed by atoms with van der Waals surface area (Å²) >= 11 is 0. The minimum Gasteiger partial charge on any atom is -0.342 e. The van der Waals surface area contributed by atoms with Gasteiger partial charge >= 0.3 is 0 Å². The molecule has 1 aromatic rings. The minimum absolute atomic E-state index is 0.0430. The van der Waals surface area contributed by atoms with Gasteiger partial charge in [-0.3, -0.25) is 14.5 Å². The third kappa shape index (κ3) is 2.43. The Labute approximate surface area is 112 Å². The van der Waals surface area contributed by atoms with Crippen molar-refractivity contribution in [2.75, 3.05) is 4.90 Å². The number of piperazine rings is 1. The van der Waals surface area contributed by atoms with Gasteiger partial charge in [-0.05, 0) is 12.3 Å². The number of nitrogens with one attached hydrogen (secondary N) is 1. The average Bonchev–Trinajstić information content (AvgIpc) is 2.41. The van der Waals surface area contributed by atoms with Crippen LogP contribution in [0.1, 0.15) is 27.2 Å². The Bertz CT molecular complexity index is 475. The second-order valence-electron chi connectivity index (χ2n) is 4.96. The van der Waals surface area contributed by atoms with Crippen molar-refractivity contribution >= 4 is 17.5 Å². The number of carbonyl (C=O) groups is 2. The molecule has 102 valence electrons. The Morgan fingerprint density at radius 2 is 1.95 bits per heavy atom. The third-order valence-electron chi connectivity index (χ3n) is 3.29. The second-order valence-corrected chi connectivity index (χ2v) is 4.96. The lowest BCUT2D eigenvalue weighted by Gasteiger charge is -2.39. The highest BCUT2D eigenvalue weighted by Crippen LogP contribution is 2.23. The van der Waals surface area contributed by atoms with Gasteiger partial charge in [-0.25, -0.2) is 9.97 Å². The van der Waals surface area contributed by atoms with Crippen LogP contribution >= 0.6 is 0 Å². The molecule has 19 heavy (non-hydrogen) atoms. The Morgan fingerprint density at radius 1 is 1.32 bits per heavy atom. The molecule has 0 bridgehead atoms. The first-order chi connectivity index (χ1) is 9.06. The normalized spacial score (nSPS) is 23.7. The van der Waals surface area contributed by atoms with Crippen LogP contribution in [-0.4, -0.2) is 33.9 Å². The van der Waals surface area contributed by atoms with Crippen LogP contribution in [0, 0.1) is 5.92 Å². The summed E-state index contributed by atoms with van der Waals surface area (Å²) < 4.78 is 0. The zero-order valence-corrected chi connectivity index (χ0v) is 11.3. The van der Waals surface area contributed by atoms with E-state index in [0.717, 1.165) is 0 Å². The van der Waals surface area contributed by atoms with E-state index in [0.29, 0.717) is 12.1 Å². The van der Waals surface area contributed by atoms with Crippen molar-refractivity contribution in [1.29, 1.82) is 0 Å². The van der Waals surface area contributed by atoms with Crippen LogP contribution in [-0.2, 0) is 9.59 Å². The van der Waals surface area contributed by atoms with Gasteiger partial charge in [-0.15, -0.1) is 0 Å². The first-order valence-corrected chi connectivity index (χ1v) is 6.44. The Hall–Kier alpha value is -1.98. The van der Waals surface area contributed by atoms with Crippen LogP contribution in [0.2, 0.25) is 0 Å². The molecule has 6 heteroatoms. The topological polar surface area (TPSA) is 75.2 Å². The molecule has 1 aliphatic heterocycles. The van der Waals surface area contributed by atoms with Gasteiger partial charge in [0, 0.05) is 0 Å². The summed E-state index contributed by atoms with van der Waals surface area (Å²) in [6, 6.07) is -0.982. The minimum atomic E-state index is -0.492. The van der Waals surface area contributed by atoms with Gasteiger partial charge in [0.25, 0.3) is 5.91 Å². The molecule has 0 saturated carbocycles. The van der Waals surface area contributed by atoms with Gasteiger partial charge < -0.3 is 5.32 Å².